The first-order valence-corrected chi connectivity index (χ1v) is 6.76. The van der Waals surface area contributed by atoms with Crippen LogP contribution in [0.15, 0.2) is 0 Å². The molecule has 2 fully saturated rings. The molecule has 0 aromatic rings. The third-order valence-corrected chi connectivity index (χ3v) is 4.26. The highest BCUT2D eigenvalue weighted by atomic mass is 35.5. The third-order valence-electron chi connectivity index (χ3n) is 4.26. The van der Waals surface area contributed by atoms with Crippen LogP contribution in [0.25, 0.3) is 0 Å². The summed E-state index contributed by atoms with van der Waals surface area (Å²) in [5.41, 5.74) is 0. The zero-order valence-corrected chi connectivity index (χ0v) is 11.5. The van der Waals surface area contributed by atoms with Gasteiger partial charge in [-0.15, -0.1) is 12.4 Å². The number of amides is 1. The number of halogens is 1. The fourth-order valence-corrected chi connectivity index (χ4v) is 2.95. The van der Waals surface area contributed by atoms with Gasteiger partial charge in [-0.3, -0.25) is 4.79 Å². The van der Waals surface area contributed by atoms with Crippen molar-refractivity contribution in [2.45, 2.75) is 39.0 Å². The molecule has 0 aromatic heterocycles. The monoisotopic (exact) mass is 260 g/mol. The van der Waals surface area contributed by atoms with Crippen LogP contribution in [0.2, 0.25) is 0 Å². The van der Waals surface area contributed by atoms with Gasteiger partial charge in [0.15, 0.2) is 0 Å². The van der Waals surface area contributed by atoms with Crippen molar-refractivity contribution in [2.75, 3.05) is 19.6 Å². The number of hydrogen-bond donors (Lipinski definition) is 2. The summed E-state index contributed by atoms with van der Waals surface area (Å²) in [6, 6.07) is 0. The molecule has 3 nitrogen and oxygen atoms in total. The van der Waals surface area contributed by atoms with Crippen molar-refractivity contribution in [3.05, 3.63) is 0 Å². The van der Waals surface area contributed by atoms with Crippen LogP contribution in [0.3, 0.4) is 0 Å². The van der Waals surface area contributed by atoms with E-state index in [1.807, 2.05) is 0 Å². The van der Waals surface area contributed by atoms with E-state index in [0.29, 0.717) is 5.92 Å². The summed E-state index contributed by atoms with van der Waals surface area (Å²) in [6.45, 7) is 5.09. The molecule has 1 aliphatic carbocycles. The van der Waals surface area contributed by atoms with Crippen molar-refractivity contribution in [1.82, 2.24) is 10.6 Å². The van der Waals surface area contributed by atoms with Gasteiger partial charge in [-0.1, -0.05) is 26.2 Å². The van der Waals surface area contributed by atoms with Crippen molar-refractivity contribution in [2.24, 2.45) is 17.8 Å². The Morgan fingerprint density at radius 2 is 2.06 bits per heavy atom. The van der Waals surface area contributed by atoms with Gasteiger partial charge < -0.3 is 10.6 Å². The predicted molar refractivity (Wildman–Crippen MR) is 72.4 cm³/mol. The van der Waals surface area contributed by atoms with Gasteiger partial charge in [-0.05, 0) is 31.2 Å². The molecule has 1 amide bonds. The molecule has 2 aliphatic rings. The first-order valence-electron chi connectivity index (χ1n) is 6.76. The number of carbonyl (C=O) groups excluding carboxylic acids is 1. The van der Waals surface area contributed by atoms with E-state index in [9.17, 15) is 4.79 Å². The van der Waals surface area contributed by atoms with Crippen LogP contribution in [0.5, 0.6) is 0 Å². The molecule has 0 bridgehead atoms. The van der Waals surface area contributed by atoms with Crippen molar-refractivity contribution in [1.29, 1.82) is 0 Å². The van der Waals surface area contributed by atoms with E-state index < -0.39 is 0 Å². The van der Waals surface area contributed by atoms with E-state index in [4.69, 9.17) is 0 Å². The van der Waals surface area contributed by atoms with Crippen LogP contribution in [-0.2, 0) is 4.79 Å². The maximum atomic E-state index is 11.8. The normalized spacial score (nSPS) is 32.9. The molecule has 17 heavy (non-hydrogen) atoms. The Hall–Kier alpha value is -0.280. The average molecular weight is 261 g/mol. The summed E-state index contributed by atoms with van der Waals surface area (Å²) in [7, 11) is 0. The first kappa shape index (κ1) is 14.8. The largest absolute Gasteiger partial charge is 0.356 e. The Bertz CT molecular complexity index is 242. The molecule has 1 saturated carbocycles. The van der Waals surface area contributed by atoms with Gasteiger partial charge in [-0.25, -0.2) is 0 Å². The minimum atomic E-state index is 0. The highest BCUT2D eigenvalue weighted by Crippen LogP contribution is 2.28. The van der Waals surface area contributed by atoms with E-state index >= 15 is 0 Å². The molecule has 1 saturated heterocycles. The molecule has 0 radical (unpaired) electrons. The molecule has 1 aliphatic heterocycles. The van der Waals surface area contributed by atoms with Crippen molar-refractivity contribution in [3.8, 4) is 0 Å². The van der Waals surface area contributed by atoms with Gasteiger partial charge in [0.2, 0.25) is 5.91 Å². The van der Waals surface area contributed by atoms with Gasteiger partial charge in [0, 0.05) is 13.1 Å². The lowest BCUT2D eigenvalue weighted by molar-refractivity contribution is -0.124. The first-order chi connectivity index (χ1) is 7.77. The summed E-state index contributed by atoms with van der Waals surface area (Å²) in [6.07, 6.45) is 6.36. The number of carbonyl (C=O) groups is 1. The smallest absolute Gasteiger partial charge is 0.224 e. The highest BCUT2D eigenvalue weighted by molar-refractivity contribution is 5.85. The molecule has 0 aromatic carbocycles. The second-order valence-electron chi connectivity index (χ2n) is 5.46. The molecule has 100 valence electrons. The summed E-state index contributed by atoms with van der Waals surface area (Å²) < 4.78 is 0. The Morgan fingerprint density at radius 3 is 2.71 bits per heavy atom. The zero-order valence-electron chi connectivity index (χ0n) is 10.7. The van der Waals surface area contributed by atoms with Gasteiger partial charge >= 0.3 is 0 Å². The van der Waals surface area contributed by atoms with Crippen LogP contribution in [-0.4, -0.2) is 25.5 Å². The zero-order chi connectivity index (χ0) is 11.4. The molecule has 0 spiro atoms. The van der Waals surface area contributed by atoms with E-state index in [1.165, 1.54) is 25.7 Å². The van der Waals surface area contributed by atoms with Crippen LogP contribution < -0.4 is 10.6 Å². The van der Waals surface area contributed by atoms with Gasteiger partial charge in [0.1, 0.15) is 0 Å². The second-order valence-corrected chi connectivity index (χ2v) is 5.46. The lowest BCUT2D eigenvalue weighted by Crippen LogP contribution is -2.37. The average Bonchev–Trinajstić information content (AvgIpc) is 2.81. The van der Waals surface area contributed by atoms with Crippen molar-refractivity contribution < 1.29 is 4.79 Å². The number of rotatable bonds is 3. The SMILES string of the molecule is CC1CCCCC1CNC(=O)C1CCNC1.Cl. The van der Waals surface area contributed by atoms with Gasteiger partial charge in [0.25, 0.3) is 0 Å². The van der Waals surface area contributed by atoms with Crippen LogP contribution in [0.4, 0.5) is 0 Å². The Balaban J connectivity index is 0.00000144. The molecule has 1 heterocycles. The third kappa shape index (κ3) is 4.14. The Labute approximate surface area is 111 Å². The quantitative estimate of drug-likeness (QED) is 0.815. The lowest BCUT2D eigenvalue weighted by Gasteiger charge is -2.29. The maximum absolute atomic E-state index is 11.8. The Morgan fingerprint density at radius 1 is 1.29 bits per heavy atom. The van der Waals surface area contributed by atoms with Crippen LogP contribution in [0.1, 0.15) is 39.0 Å². The van der Waals surface area contributed by atoms with Gasteiger partial charge in [-0.2, -0.15) is 0 Å². The van der Waals surface area contributed by atoms with E-state index in [0.717, 1.165) is 32.0 Å². The fraction of sp³-hybridized carbons (Fsp3) is 0.923. The molecule has 3 unspecified atom stereocenters. The highest BCUT2D eigenvalue weighted by Gasteiger charge is 2.25. The second kappa shape index (κ2) is 7.22. The minimum absolute atomic E-state index is 0. The van der Waals surface area contributed by atoms with E-state index in [-0.39, 0.29) is 24.2 Å². The summed E-state index contributed by atoms with van der Waals surface area (Å²) >= 11 is 0. The summed E-state index contributed by atoms with van der Waals surface area (Å²) in [5, 5.41) is 6.38. The number of hydrogen-bond acceptors (Lipinski definition) is 2. The van der Waals surface area contributed by atoms with Crippen molar-refractivity contribution >= 4 is 18.3 Å². The van der Waals surface area contributed by atoms with E-state index in [1.54, 1.807) is 0 Å². The summed E-state index contributed by atoms with van der Waals surface area (Å²) in [5.74, 6) is 1.99. The van der Waals surface area contributed by atoms with Crippen molar-refractivity contribution in [3.63, 3.8) is 0 Å². The van der Waals surface area contributed by atoms with Gasteiger partial charge in [0.05, 0.1) is 5.92 Å². The topological polar surface area (TPSA) is 41.1 Å². The lowest BCUT2D eigenvalue weighted by atomic mass is 9.80. The predicted octanol–water partition coefficient (Wildman–Crippen LogP) is 1.96. The van der Waals surface area contributed by atoms with E-state index in [2.05, 4.69) is 17.6 Å². The Kier molecular flexibility index (Phi) is 6.28. The molecule has 3 atom stereocenters. The maximum Gasteiger partial charge on any atom is 0.224 e. The molecular formula is C13H25ClN2O. The summed E-state index contributed by atoms with van der Waals surface area (Å²) in [4.78, 5) is 11.8. The van der Waals surface area contributed by atoms with Crippen LogP contribution >= 0.6 is 12.4 Å². The molecule has 2 N–H and O–H groups in total. The minimum Gasteiger partial charge on any atom is -0.356 e. The van der Waals surface area contributed by atoms with Crippen LogP contribution in [0, 0.1) is 17.8 Å². The fourth-order valence-electron chi connectivity index (χ4n) is 2.95. The molecule has 4 heteroatoms. The number of nitrogens with one attached hydrogen (secondary N) is 2. The molecular weight excluding hydrogens is 236 g/mol. The standard InChI is InChI=1S/C13H24N2O.ClH/c1-10-4-2-3-5-11(10)9-15-13(16)12-6-7-14-8-12;/h10-12,14H,2-9H2,1H3,(H,15,16);1H. The molecule has 2 rings (SSSR count).